The zero-order valence-electron chi connectivity index (χ0n) is 12.1. The number of aromatic nitrogens is 5. The quantitative estimate of drug-likeness (QED) is 0.854. The molecule has 0 radical (unpaired) electrons. The zero-order valence-corrected chi connectivity index (χ0v) is 13.7. The molecule has 0 aliphatic heterocycles. The fourth-order valence-corrected chi connectivity index (χ4v) is 3.25. The predicted octanol–water partition coefficient (Wildman–Crippen LogP) is 4.16. The summed E-state index contributed by atoms with van der Waals surface area (Å²) in [5, 5.41) is 10.4. The van der Waals surface area contributed by atoms with E-state index in [1.54, 1.807) is 0 Å². The van der Waals surface area contributed by atoms with Gasteiger partial charge in [0.15, 0.2) is 0 Å². The topological polar surface area (TPSA) is 79.4 Å². The third-order valence-corrected chi connectivity index (χ3v) is 4.33. The molecule has 1 fully saturated rings. The average molecular weight is 341 g/mol. The molecule has 2 N–H and O–H groups in total. The van der Waals surface area contributed by atoms with Crippen LogP contribution in [0.1, 0.15) is 44.2 Å². The lowest BCUT2D eigenvalue weighted by Gasteiger charge is -2.20. The van der Waals surface area contributed by atoms with Crippen molar-refractivity contribution in [2.75, 3.05) is 5.32 Å². The van der Waals surface area contributed by atoms with E-state index >= 15 is 0 Å². The van der Waals surface area contributed by atoms with E-state index in [0.29, 0.717) is 5.95 Å². The molecule has 0 aromatic carbocycles. The molecule has 0 unspecified atom stereocenters. The van der Waals surface area contributed by atoms with E-state index in [0.717, 1.165) is 23.9 Å². The third-order valence-electron chi connectivity index (χ3n) is 3.99. The molecule has 0 saturated heterocycles. The van der Waals surface area contributed by atoms with Gasteiger partial charge in [0.1, 0.15) is 5.82 Å². The maximum Gasteiger partial charge on any atom is 0.233 e. The second kappa shape index (κ2) is 7.24. The summed E-state index contributed by atoms with van der Waals surface area (Å²) in [6, 6.07) is 1.97. The number of nitrogens with one attached hydrogen (secondary N) is 2. The molecule has 118 valence electrons. The number of halogens is 2. The minimum Gasteiger partial charge on any atom is -0.309 e. The van der Waals surface area contributed by atoms with Crippen LogP contribution in [0.15, 0.2) is 6.07 Å². The molecule has 2 aromatic heterocycles. The van der Waals surface area contributed by atoms with Gasteiger partial charge >= 0.3 is 0 Å². The lowest BCUT2D eigenvalue weighted by molar-refractivity contribution is 0.338. The summed E-state index contributed by atoms with van der Waals surface area (Å²) in [5.74, 6) is 1.87. The van der Waals surface area contributed by atoms with Gasteiger partial charge in [-0.25, -0.2) is 0 Å². The molecule has 0 atom stereocenters. The minimum atomic E-state index is 0.0551. The van der Waals surface area contributed by atoms with Crippen LogP contribution in [0.5, 0.6) is 0 Å². The zero-order chi connectivity index (χ0) is 15.4. The number of aromatic amines is 1. The molecule has 2 heterocycles. The van der Waals surface area contributed by atoms with Crippen LogP contribution in [0.4, 0.5) is 11.8 Å². The number of rotatable bonds is 5. The molecule has 1 saturated carbocycles. The van der Waals surface area contributed by atoms with Gasteiger partial charge in [0.05, 0.1) is 5.69 Å². The molecule has 0 amide bonds. The van der Waals surface area contributed by atoms with Crippen molar-refractivity contribution < 1.29 is 0 Å². The molecule has 8 heteroatoms. The first-order valence-corrected chi connectivity index (χ1v) is 8.33. The van der Waals surface area contributed by atoms with E-state index in [1.807, 2.05) is 6.07 Å². The SMILES string of the molecule is Clc1nc(Cl)nc(Nc2cc(CCC3CCCCC3)n[nH]2)n1. The molecule has 22 heavy (non-hydrogen) atoms. The van der Waals surface area contributed by atoms with Crippen molar-refractivity contribution in [2.45, 2.75) is 44.9 Å². The summed E-state index contributed by atoms with van der Waals surface area (Å²) >= 11 is 11.5. The van der Waals surface area contributed by atoms with Crippen LogP contribution in [0.25, 0.3) is 0 Å². The van der Waals surface area contributed by atoms with E-state index in [1.165, 1.54) is 38.5 Å². The largest absolute Gasteiger partial charge is 0.309 e. The molecule has 6 nitrogen and oxygen atoms in total. The summed E-state index contributed by atoms with van der Waals surface area (Å²) in [4.78, 5) is 11.6. The normalized spacial score (nSPS) is 15.9. The Bertz CT molecular complexity index is 603. The van der Waals surface area contributed by atoms with Crippen molar-refractivity contribution in [2.24, 2.45) is 5.92 Å². The van der Waals surface area contributed by atoms with Gasteiger partial charge in [-0.3, -0.25) is 5.10 Å². The van der Waals surface area contributed by atoms with Gasteiger partial charge < -0.3 is 5.32 Å². The smallest absolute Gasteiger partial charge is 0.233 e. The molecule has 1 aliphatic rings. The molecule has 0 bridgehead atoms. The van der Waals surface area contributed by atoms with Gasteiger partial charge in [0.2, 0.25) is 16.5 Å². The lowest BCUT2D eigenvalue weighted by Crippen LogP contribution is -2.07. The number of hydrogen-bond donors (Lipinski definition) is 2. The summed E-state index contributed by atoms with van der Waals surface area (Å²) in [5.41, 5.74) is 1.04. The molecule has 0 spiro atoms. The van der Waals surface area contributed by atoms with Crippen LogP contribution >= 0.6 is 23.2 Å². The van der Waals surface area contributed by atoms with Crippen molar-refractivity contribution in [3.63, 3.8) is 0 Å². The molecule has 1 aliphatic carbocycles. The second-order valence-corrected chi connectivity index (χ2v) is 6.31. The van der Waals surface area contributed by atoms with Crippen molar-refractivity contribution in [1.29, 1.82) is 0 Å². The summed E-state index contributed by atoms with van der Waals surface area (Å²) < 4.78 is 0. The van der Waals surface area contributed by atoms with E-state index in [4.69, 9.17) is 23.2 Å². The molecule has 3 rings (SSSR count). The lowest BCUT2D eigenvalue weighted by atomic mass is 9.86. The Hall–Kier alpha value is -1.40. The number of hydrogen-bond acceptors (Lipinski definition) is 5. The Kier molecular flexibility index (Phi) is 5.10. The van der Waals surface area contributed by atoms with Gasteiger partial charge in [-0.2, -0.15) is 20.1 Å². The number of H-pyrrole nitrogens is 1. The summed E-state index contributed by atoms with van der Waals surface area (Å²) in [7, 11) is 0. The van der Waals surface area contributed by atoms with Crippen LogP contribution in [0, 0.1) is 5.92 Å². The third kappa shape index (κ3) is 4.30. The number of nitrogens with zero attached hydrogens (tertiary/aromatic N) is 4. The average Bonchev–Trinajstić information content (AvgIpc) is 2.93. The van der Waals surface area contributed by atoms with Gasteiger partial charge in [-0.15, -0.1) is 0 Å². The maximum absolute atomic E-state index is 5.74. The van der Waals surface area contributed by atoms with E-state index in [9.17, 15) is 0 Å². The van der Waals surface area contributed by atoms with Crippen LogP contribution in [0.2, 0.25) is 10.6 Å². The summed E-state index contributed by atoms with van der Waals surface area (Å²) in [6.07, 6.45) is 9.05. The van der Waals surface area contributed by atoms with E-state index in [2.05, 4.69) is 30.5 Å². The van der Waals surface area contributed by atoms with Crippen LogP contribution < -0.4 is 5.32 Å². The second-order valence-electron chi connectivity index (χ2n) is 5.64. The van der Waals surface area contributed by atoms with Gasteiger partial charge in [-0.05, 0) is 42.0 Å². The van der Waals surface area contributed by atoms with Crippen molar-refractivity contribution in [1.82, 2.24) is 25.1 Å². The van der Waals surface area contributed by atoms with E-state index < -0.39 is 0 Å². The van der Waals surface area contributed by atoms with Crippen LogP contribution in [-0.4, -0.2) is 25.1 Å². The Morgan fingerprint density at radius 3 is 2.55 bits per heavy atom. The monoisotopic (exact) mass is 340 g/mol. The fraction of sp³-hybridized carbons (Fsp3) is 0.571. The van der Waals surface area contributed by atoms with Gasteiger partial charge in [0.25, 0.3) is 0 Å². The van der Waals surface area contributed by atoms with Crippen LogP contribution in [0.3, 0.4) is 0 Å². The van der Waals surface area contributed by atoms with E-state index in [-0.39, 0.29) is 10.6 Å². The maximum atomic E-state index is 5.74. The minimum absolute atomic E-state index is 0.0551. The molecular weight excluding hydrogens is 323 g/mol. The van der Waals surface area contributed by atoms with Crippen molar-refractivity contribution in [3.05, 3.63) is 22.3 Å². The van der Waals surface area contributed by atoms with Gasteiger partial charge in [0, 0.05) is 6.07 Å². The first-order chi connectivity index (χ1) is 10.7. The Balaban J connectivity index is 1.56. The number of aryl methyl sites for hydroxylation is 1. The number of anilines is 2. The Morgan fingerprint density at radius 1 is 1.09 bits per heavy atom. The highest BCUT2D eigenvalue weighted by atomic mass is 35.5. The van der Waals surface area contributed by atoms with Crippen molar-refractivity contribution >= 4 is 35.0 Å². The standard InChI is InChI=1S/C14H18Cl2N6/c15-12-18-13(16)20-14(19-12)17-11-8-10(21-22-11)7-6-9-4-2-1-3-5-9/h8-9H,1-7H2,(H2,17,18,19,20,21,22). The highest BCUT2D eigenvalue weighted by Gasteiger charge is 2.14. The predicted molar refractivity (Wildman–Crippen MR) is 86.6 cm³/mol. The fourth-order valence-electron chi connectivity index (χ4n) is 2.89. The first-order valence-electron chi connectivity index (χ1n) is 7.57. The van der Waals surface area contributed by atoms with Crippen LogP contribution in [-0.2, 0) is 6.42 Å². The molecular formula is C14H18Cl2N6. The first kappa shape index (κ1) is 15.5. The van der Waals surface area contributed by atoms with Crippen molar-refractivity contribution in [3.8, 4) is 0 Å². The Morgan fingerprint density at radius 2 is 1.82 bits per heavy atom. The highest BCUT2D eigenvalue weighted by Crippen LogP contribution is 2.27. The summed E-state index contributed by atoms with van der Waals surface area (Å²) in [6.45, 7) is 0. The van der Waals surface area contributed by atoms with Gasteiger partial charge in [-0.1, -0.05) is 32.1 Å². The highest BCUT2D eigenvalue weighted by molar-refractivity contribution is 6.31. The Labute approximate surface area is 139 Å². The molecule has 2 aromatic rings.